The average molecular weight is 589 g/mol. The Morgan fingerprint density at radius 1 is 0.884 bits per heavy atom. The van der Waals surface area contributed by atoms with Crippen molar-refractivity contribution in [1.82, 2.24) is 0 Å². The number of unbranched alkanes of at least 4 members (excludes halogenated alkanes) is 1. The first-order valence-electron chi connectivity index (χ1n) is 16.0. The van der Waals surface area contributed by atoms with Crippen molar-refractivity contribution in [1.29, 1.82) is 0 Å². The molecule has 0 aliphatic carbocycles. The normalized spacial score (nSPS) is 15.7. The summed E-state index contributed by atoms with van der Waals surface area (Å²) in [5.41, 5.74) is 4.39. The molecule has 0 bridgehead atoms. The van der Waals surface area contributed by atoms with Gasteiger partial charge in [0.1, 0.15) is 0 Å². The largest absolute Gasteiger partial charge is 0.469 e. The summed E-state index contributed by atoms with van der Waals surface area (Å²) in [5, 5.41) is 18.6. The molecule has 0 aromatic heterocycles. The molecule has 0 aliphatic rings. The van der Waals surface area contributed by atoms with E-state index < -0.39 is 11.5 Å². The first kappa shape index (κ1) is 34.5. The number of hydrogen-bond acceptors (Lipinski definition) is 5. The third kappa shape index (κ3) is 10.3. The summed E-state index contributed by atoms with van der Waals surface area (Å²) in [4.78, 5) is 12.9. The molecule has 5 atom stereocenters. The molecule has 0 aliphatic heterocycles. The molecule has 43 heavy (non-hydrogen) atoms. The molecule has 0 heterocycles. The van der Waals surface area contributed by atoms with Crippen LogP contribution in [-0.2, 0) is 26.3 Å². The maximum atomic E-state index is 12.9. The number of rotatable bonds is 19. The summed E-state index contributed by atoms with van der Waals surface area (Å²) < 4.78 is 11.3. The molecule has 0 fully saturated rings. The second-order valence-electron chi connectivity index (χ2n) is 12.2. The molecule has 5 unspecified atom stereocenters. The highest BCUT2D eigenvalue weighted by molar-refractivity contribution is 5.72. The molecule has 5 nitrogen and oxygen atoms in total. The van der Waals surface area contributed by atoms with Gasteiger partial charge in [-0.1, -0.05) is 112 Å². The average Bonchev–Trinajstić information content (AvgIpc) is 3.05. The third-order valence-electron chi connectivity index (χ3n) is 8.87. The SMILES string of the molecule is CCC(C)CC(CC(CC(C)C(=O)OC)(c1ccccc1)c1cccc(COCCCCC(O)CO)c1)c1ccccc1. The van der Waals surface area contributed by atoms with E-state index in [1.807, 2.05) is 6.92 Å². The van der Waals surface area contributed by atoms with Gasteiger partial charge in [0, 0.05) is 12.0 Å². The Morgan fingerprint density at radius 3 is 2.21 bits per heavy atom. The summed E-state index contributed by atoms with van der Waals surface area (Å²) in [6, 6.07) is 30.2. The number of carbonyl (C=O) groups is 1. The molecule has 3 aromatic carbocycles. The van der Waals surface area contributed by atoms with Gasteiger partial charge >= 0.3 is 5.97 Å². The highest BCUT2D eigenvalue weighted by Crippen LogP contribution is 2.47. The number of hydrogen-bond donors (Lipinski definition) is 2. The van der Waals surface area contributed by atoms with Crippen molar-refractivity contribution >= 4 is 5.97 Å². The Bertz CT molecular complexity index is 1200. The quantitative estimate of drug-likeness (QED) is 0.110. The summed E-state index contributed by atoms with van der Waals surface area (Å²) in [5.74, 6) is 0.383. The zero-order chi connectivity index (χ0) is 31.1. The summed E-state index contributed by atoms with van der Waals surface area (Å²) >= 11 is 0. The zero-order valence-electron chi connectivity index (χ0n) is 26.6. The minimum absolute atomic E-state index is 0.190. The van der Waals surface area contributed by atoms with Gasteiger partial charge in [-0.25, -0.2) is 0 Å². The molecule has 0 spiro atoms. The topological polar surface area (TPSA) is 76.0 Å². The lowest BCUT2D eigenvalue weighted by molar-refractivity contribution is -0.145. The maximum Gasteiger partial charge on any atom is 0.308 e. The summed E-state index contributed by atoms with van der Waals surface area (Å²) in [6.07, 6.45) is 5.23. The van der Waals surface area contributed by atoms with Crippen LogP contribution in [0.1, 0.15) is 93.9 Å². The molecular formula is C38H52O5. The van der Waals surface area contributed by atoms with Crippen LogP contribution in [0.3, 0.4) is 0 Å². The van der Waals surface area contributed by atoms with Crippen molar-refractivity contribution in [3.63, 3.8) is 0 Å². The second-order valence-corrected chi connectivity index (χ2v) is 12.2. The number of ether oxygens (including phenoxy) is 2. The van der Waals surface area contributed by atoms with Crippen LogP contribution >= 0.6 is 0 Å². The molecule has 2 N–H and O–H groups in total. The lowest BCUT2D eigenvalue weighted by Gasteiger charge is -2.40. The van der Waals surface area contributed by atoms with Crippen molar-refractivity contribution in [2.75, 3.05) is 20.3 Å². The molecule has 0 amide bonds. The highest BCUT2D eigenvalue weighted by Gasteiger charge is 2.40. The van der Waals surface area contributed by atoms with E-state index in [-0.39, 0.29) is 18.5 Å². The van der Waals surface area contributed by atoms with Gasteiger partial charge in [-0.3, -0.25) is 4.79 Å². The van der Waals surface area contributed by atoms with Crippen LogP contribution in [0.2, 0.25) is 0 Å². The van der Waals surface area contributed by atoms with Gasteiger partial charge < -0.3 is 19.7 Å². The van der Waals surface area contributed by atoms with Crippen LogP contribution in [0, 0.1) is 11.8 Å². The Labute approximate surface area is 259 Å². The van der Waals surface area contributed by atoms with Crippen molar-refractivity contribution in [3.05, 3.63) is 107 Å². The van der Waals surface area contributed by atoms with Crippen LogP contribution in [0.15, 0.2) is 84.9 Å². The van der Waals surface area contributed by atoms with E-state index in [2.05, 4.69) is 98.8 Å². The molecule has 3 aromatic rings. The lowest BCUT2D eigenvalue weighted by Crippen LogP contribution is -2.35. The Kier molecular flexibility index (Phi) is 14.4. The van der Waals surface area contributed by atoms with E-state index in [1.165, 1.54) is 23.8 Å². The minimum Gasteiger partial charge on any atom is -0.469 e. The van der Waals surface area contributed by atoms with Gasteiger partial charge in [-0.05, 0) is 72.6 Å². The molecule has 5 heteroatoms. The van der Waals surface area contributed by atoms with E-state index in [0.29, 0.717) is 37.9 Å². The van der Waals surface area contributed by atoms with E-state index in [0.717, 1.165) is 37.7 Å². The molecular weight excluding hydrogens is 536 g/mol. The van der Waals surface area contributed by atoms with E-state index >= 15 is 0 Å². The summed E-state index contributed by atoms with van der Waals surface area (Å²) in [6.45, 7) is 7.46. The molecule has 3 rings (SSSR count). The molecule has 0 saturated carbocycles. The van der Waals surface area contributed by atoms with Crippen LogP contribution in [0.5, 0.6) is 0 Å². The number of aliphatic hydroxyl groups excluding tert-OH is 2. The smallest absolute Gasteiger partial charge is 0.308 e. The minimum atomic E-state index is -0.657. The Morgan fingerprint density at radius 2 is 1.56 bits per heavy atom. The monoisotopic (exact) mass is 588 g/mol. The third-order valence-corrected chi connectivity index (χ3v) is 8.87. The van der Waals surface area contributed by atoms with Crippen LogP contribution in [-0.4, -0.2) is 42.6 Å². The van der Waals surface area contributed by atoms with E-state index in [9.17, 15) is 9.90 Å². The fourth-order valence-corrected chi connectivity index (χ4v) is 6.25. The number of methoxy groups -OCH3 is 1. The van der Waals surface area contributed by atoms with E-state index in [4.69, 9.17) is 14.6 Å². The van der Waals surface area contributed by atoms with E-state index in [1.54, 1.807) is 0 Å². The first-order chi connectivity index (χ1) is 20.8. The Hall–Kier alpha value is -2.99. The number of esters is 1. The van der Waals surface area contributed by atoms with Gasteiger partial charge in [0.05, 0.1) is 32.3 Å². The molecule has 0 saturated heterocycles. The number of aliphatic hydroxyl groups is 2. The fraction of sp³-hybridized carbons (Fsp3) is 0.500. The van der Waals surface area contributed by atoms with Crippen molar-refractivity contribution < 1.29 is 24.5 Å². The number of carbonyl (C=O) groups excluding carboxylic acids is 1. The van der Waals surface area contributed by atoms with Gasteiger partial charge in [0.15, 0.2) is 0 Å². The lowest BCUT2D eigenvalue weighted by atomic mass is 9.63. The fourth-order valence-electron chi connectivity index (χ4n) is 6.25. The number of benzene rings is 3. The predicted molar refractivity (Wildman–Crippen MR) is 174 cm³/mol. The van der Waals surface area contributed by atoms with Crippen molar-refractivity contribution in [3.8, 4) is 0 Å². The standard InChI is InChI=1S/C38H52O5/c1-5-29(2)23-33(32-16-8-6-9-17-32)26-38(25-30(3)37(41)42-4,34-18-10-7-11-19-34)35-20-14-15-31(24-35)28-43-22-13-12-21-36(40)27-39/h6-11,14-20,24,29-30,33,36,39-40H,5,12-13,21-23,25-28H2,1-4H3. The second kappa shape index (κ2) is 18.0. The zero-order valence-corrected chi connectivity index (χ0v) is 26.6. The van der Waals surface area contributed by atoms with Crippen LogP contribution in [0.4, 0.5) is 0 Å². The van der Waals surface area contributed by atoms with Gasteiger partial charge in [0.25, 0.3) is 0 Å². The van der Waals surface area contributed by atoms with Gasteiger partial charge in [-0.2, -0.15) is 0 Å². The van der Waals surface area contributed by atoms with Crippen molar-refractivity contribution in [2.24, 2.45) is 11.8 Å². The van der Waals surface area contributed by atoms with Crippen LogP contribution < -0.4 is 0 Å². The van der Waals surface area contributed by atoms with Gasteiger partial charge in [0.2, 0.25) is 0 Å². The van der Waals surface area contributed by atoms with Gasteiger partial charge in [-0.15, -0.1) is 0 Å². The van der Waals surface area contributed by atoms with Crippen molar-refractivity contribution in [2.45, 2.75) is 89.8 Å². The summed E-state index contributed by atoms with van der Waals surface area (Å²) in [7, 11) is 1.47. The molecule has 0 radical (unpaired) electrons. The first-order valence-corrected chi connectivity index (χ1v) is 16.0. The Balaban J connectivity index is 2.02. The highest BCUT2D eigenvalue weighted by atomic mass is 16.5. The maximum absolute atomic E-state index is 12.9. The predicted octanol–water partition coefficient (Wildman–Crippen LogP) is 7.82. The molecule has 234 valence electrons. The van der Waals surface area contributed by atoms with Crippen LogP contribution in [0.25, 0.3) is 0 Å².